The van der Waals surface area contributed by atoms with Crippen molar-refractivity contribution in [3.63, 3.8) is 0 Å². The Kier molecular flexibility index (Phi) is 6.12. The van der Waals surface area contributed by atoms with Crippen molar-refractivity contribution in [2.24, 2.45) is 5.92 Å². The standard InChI is InChI=1S/C15H25NO3/c1-10(2)14(9-17)16-11(3)13-7-6-12(18-4)8-15(13)19-5/h6-8,10-11,14,16-17H,9H2,1-5H3/t11?,14-/m1/s1. The van der Waals surface area contributed by atoms with E-state index >= 15 is 0 Å². The summed E-state index contributed by atoms with van der Waals surface area (Å²) in [5.74, 6) is 1.94. The topological polar surface area (TPSA) is 50.7 Å². The van der Waals surface area contributed by atoms with Gasteiger partial charge in [-0.2, -0.15) is 0 Å². The molecule has 1 rings (SSSR count). The van der Waals surface area contributed by atoms with Gasteiger partial charge in [0.2, 0.25) is 0 Å². The Labute approximate surface area is 115 Å². The predicted molar refractivity (Wildman–Crippen MR) is 76.8 cm³/mol. The second-order valence-corrected chi connectivity index (χ2v) is 5.03. The molecule has 4 nitrogen and oxygen atoms in total. The van der Waals surface area contributed by atoms with Gasteiger partial charge in [0.25, 0.3) is 0 Å². The van der Waals surface area contributed by atoms with Crippen LogP contribution in [0.25, 0.3) is 0 Å². The molecule has 19 heavy (non-hydrogen) atoms. The van der Waals surface area contributed by atoms with Gasteiger partial charge in [-0.15, -0.1) is 0 Å². The maximum atomic E-state index is 9.39. The zero-order valence-electron chi connectivity index (χ0n) is 12.4. The van der Waals surface area contributed by atoms with E-state index in [4.69, 9.17) is 9.47 Å². The van der Waals surface area contributed by atoms with Crippen molar-refractivity contribution in [1.82, 2.24) is 5.32 Å². The Morgan fingerprint density at radius 2 is 1.84 bits per heavy atom. The van der Waals surface area contributed by atoms with Gasteiger partial charge in [-0.25, -0.2) is 0 Å². The Balaban J connectivity index is 2.89. The first kappa shape index (κ1) is 15.8. The fourth-order valence-corrected chi connectivity index (χ4v) is 2.04. The van der Waals surface area contributed by atoms with Crippen molar-refractivity contribution in [2.75, 3.05) is 20.8 Å². The average Bonchev–Trinajstić information content (AvgIpc) is 2.43. The number of ether oxygens (including phenoxy) is 2. The third kappa shape index (κ3) is 4.11. The summed E-state index contributed by atoms with van der Waals surface area (Å²) in [4.78, 5) is 0. The van der Waals surface area contributed by atoms with Gasteiger partial charge >= 0.3 is 0 Å². The Morgan fingerprint density at radius 3 is 2.32 bits per heavy atom. The van der Waals surface area contributed by atoms with Crippen molar-refractivity contribution in [2.45, 2.75) is 32.9 Å². The van der Waals surface area contributed by atoms with Crippen LogP contribution in [0.1, 0.15) is 32.4 Å². The first-order valence-corrected chi connectivity index (χ1v) is 6.62. The fraction of sp³-hybridized carbons (Fsp3) is 0.600. The molecular weight excluding hydrogens is 242 g/mol. The molecule has 0 bridgehead atoms. The van der Waals surface area contributed by atoms with Crippen molar-refractivity contribution in [1.29, 1.82) is 0 Å². The van der Waals surface area contributed by atoms with E-state index in [2.05, 4.69) is 26.1 Å². The SMILES string of the molecule is COc1ccc(C(C)N[C@H](CO)C(C)C)c(OC)c1. The summed E-state index contributed by atoms with van der Waals surface area (Å²) < 4.78 is 10.6. The molecule has 0 heterocycles. The van der Waals surface area contributed by atoms with Crippen LogP contribution in [0.5, 0.6) is 11.5 Å². The van der Waals surface area contributed by atoms with Crippen LogP contribution < -0.4 is 14.8 Å². The largest absolute Gasteiger partial charge is 0.497 e. The molecule has 0 saturated heterocycles. The summed E-state index contributed by atoms with van der Waals surface area (Å²) >= 11 is 0. The lowest BCUT2D eigenvalue weighted by molar-refractivity contribution is 0.200. The molecule has 0 aliphatic heterocycles. The van der Waals surface area contributed by atoms with E-state index in [1.54, 1.807) is 14.2 Å². The van der Waals surface area contributed by atoms with Crippen LogP contribution in [-0.4, -0.2) is 32.0 Å². The summed E-state index contributed by atoms with van der Waals surface area (Å²) in [6, 6.07) is 5.95. The van der Waals surface area contributed by atoms with E-state index in [1.807, 2.05) is 18.2 Å². The van der Waals surface area contributed by atoms with Crippen LogP contribution in [0.2, 0.25) is 0 Å². The zero-order chi connectivity index (χ0) is 14.4. The Morgan fingerprint density at radius 1 is 1.16 bits per heavy atom. The molecule has 0 radical (unpaired) electrons. The number of aliphatic hydroxyl groups excluding tert-OH is 1. The van der Waals surface area contributed by atoms with Crippen molar-refractivity contribution >= 4 is 0 Å². The molecule has 1 aromatic rings. The molecule has 1 unspecified atom stereocenters. The van der Waals surface area contributed by atoms with Crippen molar-refractivity contribution in [3.8, 4) is 11.5 Å². The number of hydrogen-bond acceptors (Lipinski definition) is 4. The van der Waals surface area contributed by atoms with Gasteiger partial charge in [-0.05, 0) is 18.9 Å². The van der Waals surface area contributed by atoms with E-state index in [-0.39, 0.29) is 18.7 Å². The first-order valence-electron chi connectivity index (χ1n) is 6.62. The van der Waals surface area contributed by atoms with E-state index in [1.165, 1.54) is 0 Å². The molecule has 0 aliphatic carbocycles. The first-order chi connectivity index (χ1) is 9.03. The highest BCUT2D eigenvalue weighted by atomic mass is 16.5. The molecule has 4 heteroatoms. The predicted octanol–water partition coefficient (Wildman–Crippen LogP) is 2.37. The molecule has 0 fully saturated rings. The normalized spacial score (nSPS) is 14.3. The summed E-state index contributed by atoms with van der Waals surface area (Å²) in [5, 5.41) is 12.8. The molecule has 0 saturated carbocycles. The smallest absolute Gasteiger partial charge is 0.127 e. The second-order valence-electron chi connectivity index (χ2n) is 5.03. The number of hydrogen-bond donors (Lipinski definition) is 2. The quantitative estimate of drug-likeness (QED) is 0.796. The van der Waals surface area contributed by atoms with E-state index < -0.39 is 0 Å². The number of nitrogens with one attached hydrogen (secondary N) is 1. The lowest BCUT2D eigenvalue weighted by Gasteiger charge is -2.26. The fourth-order valence-electron chi connectivity index (χ4n) is 2.04. The van der Waals surface area contributed by atoms with Gasteiger partial charge in [-0.1, -0.05) is 19.9 Å². The monoisotopic (exact) mass is 267 g/mol. The summed E-state index contributed by atoms with van der Waals surface area (Å²) in [7, 11) is 3.29. The van der Waals surface area contributed by atoms with Gasteiger partial charge in [0.1, 0.15) is 11.5 Å². The second kappa shape index (κ2) is 7.36. The zero-order valence-corrected chi connectivity index (χ0v) is 12.4. The molecule has 0 aliphatic rings. The molecule has 1 aromatic carbocycles. The number of aliphatic hydroxyl groups is 1. The lowest BCUT2D eigenvalue weighted by Crippen LogP contribution is -2.38. The highest BCUT2D eigenvalue weighted by Crippen LogP contribution is 2.29. The van der Waals surface area contributed by atoms with Crippen LogP contribution in [0.3, 0.4) is 0 Å². The maximum Gasteiger partial charge on any atom is 0.127 e. The van der Waals surface area contributed by atoms with Gasteiger partial charge in [0.15, 0.2) is 0 Å². The summed E-state index contributed by atoms with van der Waals surface area (Å²) in [6.07, 6.45) is 0. The summed E-state index contributed by atoms with van der Waals surface area (Å²) in [5.41, 5.74) is 1.06. The molecule has 0 spiro atoms. The van der Waals surface area contributed by atoms with E-state index in [9.17, 15) is 5.11 Å². The van der Waals surface area contributed by atoms with Crippen molar-refractivity contribution in [3.05, 3.63) is 23.8 Å². The number of benzene rings is 1. The van der Waals surface area contributed by atoms with E-state index in [0.29, 0.717) is 5.92 Å². The van der Waals surface area contributed by atoms with Gasteiger partial charge in [-0.3, -0.25) is 0 Å². The van der Waals surface area contributed by atoms with Crippen LogP contribution in [0, 0.1) is 5.92 Å². The average molecular weight is 267 g/mol. The summed E-state index contributed by atoms with van der Waals surface area (Å²) in [6.45, 7) is 6.37. The minimum absolute atomic E-state index is 0.0711. The van der Waals surface area contributed by atoms with Crippen LogP contribution >= 0.6 is 0 Å². The van der Waals surface area contributed by atoms with Gasteiger partial charge in [0.05, 0.1) is 20.8 Å². The van der Waals surface area contributed by atoms with Gasteiger partial charge < -0.3 is 19.9 Å². The highest BCUT2D eigenvalue weighted by molar-refractivity contribution is 5.42. The van der Waals surface area contributed by atoms with Crippen molar-refractivity contribution < 1.29 is 14.6 Å². The molecule has 0 aromatic heterocycles. The van der Waals surface area contributed by atoms with Gasteiger partial charge in [0, 0.05) is 23.7 Å². The number of rotatable bonds is 7. The van der Waals surface area contributed by atoms with Crippen LogP contribution in [-0.2, 0) is 0 Å². The molecule has 108 valence electrons. The molecule has 0 amide bonds. The van der Waals surface area contributed by atoms with E-state index in [0.717, 1.165) is 17.1 Å². The number of methoxy groups -OCH3 is 2. The maximum absolute atomic E-state index is 9.39. The molecular formula is C15H25NO3. The third-order valence-electron chi connectivity index (χ3n) is 3.37. The lowest BCUT2D eigenvalue weighted by atomic mass is 10.0. The minimum Gasteiger partial charge on any atom is -0.497 e. The minimum atomic E-state index is 0.0711. The highest BCUT2D eigenvalue weighted by Gasteiger charge is 2.18. The van der Waals surface area contributed by atoms with Crippen LogP contribution in [0.15, 0.2) is 18.2 Å². The molecule has 2 atom stereocenters. The Bertz CT molecular complexity index is 393. The van der Waals surface area contributed by atoms with Crippen LogP contribution in [0.4, 0.5) is 0 Å². The Hall–Kier alpha value is -1.26. The third-order valence-corrected chi connectivity index (χ3v) is 3.37. The molecule has 2 N–H and O–H groups in total.